The Labute approximate surface area is 251 Å². The van der Waals surface area contributed by atoms with Gasteiger partial charge in [0.25, 0.3) is 0 Å². The molecule has 1 saturated heterocycles. The third kappa shape index (κ3) is 7.12. The fourth-order valence-corrected chi connectivity index (χ4v) is 8.53. The minimum absolute atomic E-state index is 0.0158. The van der Waals surface area contributed by atoms with Crippen LogP contribution in [-0.2, 0) is 34.1 Å². The summed E-state index contributed by atoms with van der Waals surface area (Å²) >= 11 is 1.46. The van der Waals surface area contributed by atoms with Crippen molar-refractivity contribution in [3.8, 4) is 0 Å². The number of nitrogens with zero attached hydrogens (tertiary/aromatic N) is 2. The van der Waals surface area contributed by atoms with E-state index in [2.05, 4.69) is 28.9 Å². The van der Waals surface area contributed by atoms with Crippen LogP contribution in [0.25, 0.3) is 10.2 Å². The molecule has 5 rings (SSSR count). The molecule has 2 aromatic carbocycles. The van der Waals surface area contributed by atoms with Gasteiger partial charge in [-0.15, -0.1) is 11.3 Å². The largest absolute Gasteiger partial charge is 0.396 e. The number of piperidine rings is 1. The van der Waals surface area contributed by atoms with Gasteiger partial charge in [0.2, 0.25) is 15.9 Å². The van der Waals surface area contributed by atoms with Crippen LogP contribution in [0.1, 0.15) is 55.7 Å². The molecule has 1 aromatic heterocycles. The molecule has 8 nitrogen and oxygen atoms in total. The standard InChI is InChI=1S/C31H41FN4O4S2/c1-31(2)19-23-16-22(6-5-15-37)17-27(29(23)33-20-31)42(39,40)35-25(18-28-34-24-7-3-4-8-26(24)41-28)30(38)36-13-10-21(9-12-32)11-14-36/h3-4,7-8,16-17,21,25,33,35,37H,5-6,9-15,18-20H2,1-2H3/t25-/m0/s1. The molecular formula is C31H41FN4O4S2. The second kappa shape index (κ2) is 13.0. The number of carbonyl (C=O) groups is 1. The molecule has 0 bridgehead atoms. The molecule has 3 heterocycles. The zero-order chi connectivity index (χ0) is 29.9. The summed E-state index contributed by atoms with van der Waals surface area (Å²) in [5.41, 5.74) is 3.11. The maximum absolute atomic E-state index is 14.2. The summed E-state index contributed by atoms with van der Waals surface area (Å²) in [6.45, 7) is 5.50. The molecule has 2 aliphatic rings. The molecule has 0 spiro atoms. The third-order valence-corrected chi connectivity index (χ3v) is 10.9. The van der Waals surface area contributed by atoms with Crippen molar-refractivity contribution in [2.24, 2.45) is 11.3 Å². The first-order valence-electron chi connectivity index (χ1n) is 14.8. The van der Waals surface area contributed by atoms with E-state index in [4.69, 9.17) is 0 Å². The van der Waals surface area contributed by atoms with Gasteiger partial charge in [-0.3, -0.25) is 9.18 Å². The Bertz CT molecular complexity index is 1480. The number of alkyl halides is 1. The van der Waals surface area contributed by atoms with Crippen LogP contribution in [0, 0.1) is 11.3 Å². The molecule has 2 aliphatic heterocycles. The van der Waals surface area contributed by atoms with Crippen molar-refractivity contribution >= 4 is 43.2 Å². The molecule has 228 valence electrons. The average molecular weight is 617 g/mol. The number of sulfonamides is 1. The molecule has 3 aromatic rings. The number of aryl methyl sites for hydroxylation is 1. The van der Waals surface area contributed by atoms with Crippen molar-refractivity contribution in [3.05, 3.63) is 52.5 Å². The number of carbonyl (C=O) groups excluding carboxylic acids is 1. The maximum atomic E-state index is 14.2. The Morgan fingerprint density at radius 3 is 2.74 bits per heavy atom. The summed E-state index contributed by atoms with van der Waals surface area (Å²) in [6, 6.07) is 10.4. The van der Waals surface area contributed by atoms with Gasteiger partial charge in [-0.2, -0.15) is 4.72 Å². The summed E-state index contributed by atoms with van der Waals surface area (Å²) in [6.07, 6.45) is 3.83. The Kier molecular flexibility index (Phi) is 9.51. The smallest absolute Gasteiger partial charge is 0.243 e. The minimum Gasteiger partial charge on any atom is -0.396 e. The average Bonchev–Trinajstić information content (AvgIpc) is 3.37. The molecule has 0 saturated carbocycles. The highest BCUT2D eigenvalue weighted by Gasteiger charge is 2.35. The lowest BCUT2D eigenvalue weighted by atomic mass is 9.81. The van der Waals surface area contributed by atoms with E-state index in [0.717, 1.165) is 21.3 Å². The number of aliphatic hydroxyl groups excluding tert-OH is 1. The SMILES string of the molecule is CC1(C)CNc2c(cc(CCCO)cc2S(=O)(=O)N[C@@H](Cc2nc3ccccc3s2)C(=O)N2CCC(CCF)CC2)C1. The van der Waals surface area contributed by atoms with Gasteiger partial charge in [-0.25, -0.2) is 13.4 Å². The number of aliphatic hydroxyl groups is 1. The zero-order valence-corrected chi connectivity index (χ0v) is 26.0. The number of hydrogen-bond acceptors (Lipinski definition) is 7. The summed E-state index contributed by atoms with van der Waals surface area (Å²) in [5, 5.41) is 13.5. The van der Waals surface area contributed by atoms with E-state index in [1.807, 2.05) is 30.3 Å². The van der Waals surface area contributed by atoms with Crippen molar-refractivity contribution in [2.45, 2.75) is 69.7 Å². The van der Waals surface area contributed by atoms with Gasteiger partial charge in [0.05, 0.1) is 27.6 Å². The van der Waals surface area contributed by atoms with Crippen molar-refractivity contribution in [1.29, 1.82) is 0 Å². The summed E-state index contributed by atoms with van der Waals surface area (Å²) in [5.74, 6) is -0.0436. The van der Waals surface area contributed by atoms with Crippen LogP contribution < -0.4 is 10.0 Å². The number of hydrogen-bond donors (Lipinski definition) is 3. The topological polar surface area (TPSA) is 112 Å². The highest BCUT2D eigenvalue weighted by Crippen LogP contribution is 2.38. The Morgan fingerprint density at radius 1 is 1.26 bits per heavy atom. The van der Waals surface area contributed by atoms with Crippen molar-refractivity contribution in [1.82, 2.24) is 14.6 Å². The lowest BCUT2D eigenvalue weighted by Gasteiger charge is -2.35. The van der Waals surface area contributed by atoms with Crippen LogP contribution >= 0.6 is 11.3 Å². The number of benzene rings is 2. The van der Waals surface area contributed by atoms with Crippen molar-refractivity contribution in [3.63, 3.8) is 0 Å². The van der Waals surface area contributed by atoms with E-state index in [9.17, 15) is 22.7 Å². The molecule has 0 unspecified atom stereocenters. The predicted molar refractivity (Wildman–Crippen MR) is 165 cm³/mol. The second-order valence-corrected chi connectivity index (χ2v) is 15.1. The highest BCUT2D eigenvalue weighted by molar-refractivity contribution is 7.89. The number of halogens is 1. The molecule has 1 amide bonds. The van der Waals surface area contributed by atoms with Gasteiger partial charge in [0.1, 0.15) is 10.9 Å². The predicted octanol–water partition coefficient (Wildman–Crippen LogP) is 4.70. The monoisotopic (exact) mass is 616 g/mol. The van der Waals surface area contributed by atoms with Crippen LogP contribution in [0.15, 0.2) is 41.3 Å². The van der Waals surface area contributed by atoms with E-state index >= 15 is 0 Å². The molecule has 42 heavy (non-hydrogen) atoms. The summed E-state index contributed by atoms with van der Waals surface area (Å²) in [7, 11) is -4.13. The summed E-state index contributed by atoms with van der Waals surface area (Å²) < 4.78 is 45.0. The highest BCUT2D eigenvalue weighted by atomic mass is 32.2. The van der Waals surface area contributed by atoms with Crippen LogP contribution in [0.5, 0.6) is 0 Å². The number of nitrogens with one attached hydrogen (secondary N) is 2. The van der Waals surface area contributed by atoms with Gasteiger partial charge in [-0.1, -0.05) is 32.0 Å². The van der Waals surface area contributed by atoms with E-state index in [-0.39, 0.29) is 41.8 Å². The Hall–Kier alpha value is -2.60. The van der Waals surface area contributed by atoms with Gasteiger partial charge in [-0.05, 0) is 79.2 Å². The second-order valence-electron chi connectivity index (χ2n) is 12.3. The number of rotatable bonds is 11. The number of likely N-dealkylation sites (tertiary alicyclic amines) is 1. The molecule has 3 N–H and O–H groups in total. The fraction of sp³-hybridized carbons (Fsp3) is 0.548. The maximum Gasteiger partial charge on any atom is 0.243 e. The Balaban J connectivity index is 1.47. The number of aromatic nitrogens is 1. The third-order valence-electron chi connectivity index (χ3n) is 8.33. The normalized spacial score (nSPS) is 18.0. The zero-order valence-electron chi connectivity index (χ0n) is 24.4. The number of amides is 1. The first-order chi connectivity index (χ1) is 20.1. The quantitative estimate of drug-likeness (QED) is 0.288. The van der Waals surface area contributed by atoms with Crippen LogP contribution in [0.2, 0.25) is 0 Å². The van der Waals surface area contributed by atoms with Crippen LogP contribution in [0.3, 0.4) is 0 Å². The number of anilines is 1. The van der Waals surface area contributed by atoms with E-state index < -0.39 is 16.1 Å². The van der Waals surface area contributed by atoms with E-state index in [1.165, 1.54) is 11.3 Å². The first kappa shape index (κ1) is 30.8. The van der Waals surface area contributed by atoms with Crippen molar-refractivity contribution in [2.75, 3.05) is 38.2 Å². The molecule has 1 fully saturated rings. The first-order valence-corrected chi connectivity index (χ1v) is 17.1. The molecule has 11 heteroatoms. The van der Waals surface area contributed by atoms with Crippen LogP contribution in [0.4, 0.5) is 10.1 Å². The number of fused-ring (bicyclic) bond motifs is 2. The van der Waals surface area contributed by atoms with Gasteiger partial charge >= 0.3 is 0 Å². The van der Waals surface area contributed by atoms with E-state index in [0.29, 0.717) is 68.9 Å². The minimum atomic E-state index is -4.13. The lowest BCUT2D eigenvalue weighted by molar-refractivity contribution is -0.134. The summed E-state index contributed by atoms with van der Waals surface area (Å²) in [4.78, 5) is 20.5. The van der Waals surface area contributed by atoms with Crippen molar-refractivity contribution < 1.29 is 22.7 Å². The van der Waals surface area contributed by atoms with Gasteiger partial charge in [0.15, 0.2) is 0 Å². The van der Waals surface area contributed by atoms with Crippen LogP contribution in [-0.4, -0.2) is 68.3 Å². The van der Waals surface area contributed by atoms with Gasteiger partial charge in [0, 0.05) is 32.7 Å². The van der Waals surface area contributed by atoms with E-state index in [1.54, 1.807) is 11.0 Å². The van der Waals surface area contributed by atoms with Gasteiger partial charge < -0.3 is 15.3 Å². The Morgan fingerprint density at radius 2 is 2.02 bits per heavy atom. The molecule has 0 radical (unpaired) electrons. The lowest BCUT2D eigenvalue weighted by Crippen LogP contribution is -2.51. The molecular weight excluding hydrogens is 575 g/mol. The number of thiazole rings is 1. The number of para-hydroxylation sites is 1. The fourth-order valence-electron chi connectivity index (χ4n) is 6.05. The molecule has 0 aliphatic carbocycles. The molecule has 1 atom stereocenters.